The van der Waals surface area contributed by atoms with E-state index in [2.05, 4.69) is 40.5 Å². The van der Waals surface area contributed by atoms with E-state index in [-0.39, 0.29) is 5.91 Å². The molecule has 2 heterocycles. The van der Waals surface area contributed by atoms with Crippen molar-refractivity contribution in [3.63, 3.8) is 0 Å². The number of hydrogen-bond acceptors (Lipinski definition) is 3. The molecule has 3 rings (SSSR count). The highest BCUT2D eigenvalue weighted by Crippen LogP contribution is 2.22. The molecule has 138 valence electrons. The van der Waals surface area contributed by atoms with Crippen LogP contribution in [-0.2, 0) is 16.1 Å². The summed E-state index contributed by atoms with van der Waals surface area (Å²) in [6.45, 7) is 5.89. The van der Waals surface area contributed by atoms with Gasteiger partial charge in [0.2, 0.25) is 5.91 Å². The van der Waals surface area contributed by atoms with Crippen LogP contribution < -0.4 is 5.32 Å². The number of nitrogens with zero attached hydrogens (tertiary/aromatic N) is 1. The smallest absolute Gasteiger partial charge is 0.220 e. The molecule has 25 heavy (non-hydrogen) atoms. The second kappa shape index (κ2) is 9.93. The van der Waals surface area contributed by atoms with E-state index in [1.807, 2.05) is 0 Å². The fourth-order valence-electron chi connectivity index (χ4n) is 3.95. The van der Waals surface area contributed by atoms with Gasteiger partial charge < -0.3 is 10.1 Å². The molecule has 2 fully saturated rings. The van der Waals surface area contributed by atoms with Crippen LogP contribution in [0.2, 0.25) is 0 Å². The monoisotopic (exact) mass is 344 g/mol. The molecule has 1 aromatic rings. The Hall–Kier alpha value is -1.39. The average Bonchev–Trinajstić information content (AvgIpc) is 3.15. The summed E-state index contributed by atoms with van der Waals surface area (Å²) in [6, 6.07) is 10.7. The van der Waals surface area contributed by atoms with Gasteiger partial charge in [0, 0.05) is 32.7 Å². The number of amides is 1. The summed E-state index contributed by atoms with van der Waals surface area (Å²) in [6.07, 6.45) is 6.42. The molecule has 0 spiro atoms. The molecule has 0 aliphatic carbocycles. The summed E-state index contributed by atoms with van der Waals surface area (Å²) in [5, 5.41) is 3.11. The van der Waals surface area contributed by atoms with Crippen molar-refractivity contribution in [2.24, 2.45) is 11.8 Å². The first-order valence-electron chi connectivity index (χ1n) is 9.90. The van der Waals surface area contributed by atoms with Gasteiger partial charge in [-0.25, -0.2) is 0 Å². The van der Waals surface area contributed by atoms with E-state index in [0.717, 1.165) is 58.7 Å². The molecule has 0 saturated carbocycles. The van der Waals surface area contributed by atoms with Crippen LogP contribution in [0.4, 0.5) is 0 Å². The van der Waals surface area contributed by atoms with Gasteiger partial charge in [0.1, 0.15) is 0 Å². The van der Waals surface area contributed by atoms with Crippen LogP contribution in [0.3, 0.4) is 0 Å². The van der Waals surface area contributed by atoms with Crippen LogP contribution in [0.5, 0.6) is 0 Å². The van der Waals surface area contributed by atoms with Gasteiger partial charge in [0.25, 0.3) is 0 Å². The Kier molecular flexibility index (Phi) is 7.31. The fourth-order valence-corrected chi connectivity index (χ4v) is 3.95. The predicted octanol–water partition coefficient (Wildman–Crippen LogP) is 3.22. The zero-order valence-electron chi connectivity index (χ0n) is 15.3. The number of ether oxygens (including phenoxy) is 1. The van der Waals surface area contributed by atoms with Gasteiger partial charge in [-0.1, -0.05) is 30.3 Å². The molecular formula is C21H32N2O2. The molecule has 2 aliphatic rings. The van der Waals surface area contributed by atoms with E-state index in [0.29, 0.717) is 18.3 Å². The topological polar surface area (TPSA) is 41.6 Å². The van der Waals surface area contributed by atoms with Crippen molar-refractivity contribution in [3.8, 4) is 0 Å². The van der Waals surface area contributed by atoms with Gasteiger partial charge in [-0.3, -0.25) is 9.69 Å². The van der Waals surface area contributed by atoms with Gasteiger partial charge in [0.15, 0.2) is 0 Å². The Morgan fingerprint density at radius 1 is 1.12 bits per heavy atom. The molecule has 4 nitrogen and oxygen atoms in total. The summed E-state index contributed by atoms with van der Waals surface area (Å²) in [7, 11) is 0. The van der Waals surface area contributed by atoms with Crippen molar-refractivity contribution in [1.82, 2.24) is 10.2 Å². The molecular weight excluding hydrogens is 312 g/mol. The summed E-state index contributed by atoms with van der Waals surface area (Å²) >= 11 is 0. The maximum absolute atomic E-state index is 12.1. The SMILES string of the molecule is O=C(CC1CCN(Cc2ccccc2)CC1)NCCC[C@@H]1CCOC1. The van der Waals surface area contributed by atoms with E-state index in [1.54, 1.807) is 0 Å². The Morgan fingerprint density at radius 2 is 1.92 bits per heavy atom. The third-order valence-electron chi connectivity index (χ3n) is 5.57. The molecule has 2 saturated heterocycles. The minimum Gasteiger partial charge on any atom is -0.381 e. The molecule has 0 unspecified atom stereocenters. The largest absolute Gasteiger partial charge is 0.381 e. The molecule has 4 heteroatoms. The highest BCUT2D eigenvalue weighted by atomic mass is 16.5. The number of carbonyl (C=O) groups excluding carboxylic acids is 1. The number of benzene rings is 1. The van der Waals surface area contributed by atoms with Crippen LogP contribution >= 0.6 is 0 Å². The van der Waals surface area contributed by atoms with Gasteiger partial charge in [0.05, 0.1) is 0 Å². The van der Waals surface area contributed by atoms with E-state index in [4.69, 9.17) is 4.74 Å². The lowest BCUT2D eigenvalue weighted by Gasteiger charge is -2.31. The maximum Gasteiger partial charge on any atom is 0.220 e. The maximum atomic E-state index is 12.1. The number of piperidine rings is 1. The van der Waals surface area contributed by atoms with Crippen LogP contribution in [0, 0.1) is 11.8 Å². The lowest BCUT2D eigenvalue weighted by atomic mass is 9.93. The Labute approximate surface area is 151 Å². The predicted molar refractivity (Wildman–Crippen MR) is 100 cm³/mol. The number of rotatable bonds is 8. The molecule has 1 aromatic carbocycles. The van der Waals surface area contributed by atoms with E-state index in [9.17, 15) is 4.79 Å². The summed E-state index contributed by atoms with van der Waals surface area (Å²) in [5.74, 6) is 1.50. The summed E-state index contributed by atoms with van der Waals surface area (Å²) in [4.78, 5) is 14.6. The van der Waals surface area contributed by atoms with Crippen molar-refractivity contribution in [2.45, 2.75) is 45.1 Å². The van der Waals surface area contributed by atoms with Gasteiger partial charge in [-0.15, -0.1) is 0 Å². The van der Waals surface area contributed by atoms with Crippen molar-refractivity contribution < 1.29 is 9.53 Å². The second-order valence-corrected chi connectivity index (χ2v) is 7.63. The van der Waals surface area contributed by atoms with Crippen molar-refractivity contribution in [1.29, 1.82) is 0 Å². The van der Waals surface area contributed by atoms with Crippen molar-refractivity contribution >= 4 is 5.91 Å². The molecule has 1 amide bonds. The fraction of sp³-hybridized carbons (Fsp3) is 0.667. The van der Waals surface area contributed by atoms with Gasteiger partial charge >= 0.3 is 0 Å². The Bertz CT molecular complexity index is 506. The zero-order chi connectivity index (χ0) is 17.3. The highest BCUT2D eigenvalue weighted by molar-refractivity contribution is 5.76. The average molecular weight is 344 g/mol. The number of likely N-dealkylation sites (tertiary alicyclic amines) is 1. The standard InChI is InChI=1S/C21H32N2O2/c24-21(22-11-4-7-20-10-14-25-17-20)15-18-8-12-23(13-9-18)16-19-5-2-1-3-6-19/h1-3,5-6,18,20H,4,7-17H2,(H,22,24)/t20-/m1/s1. The van der Waals surface area contributed by atoms with Crippen LogP contribution in [0.25, 0.3) is 0 Å². The molecule has 0 bridgehead atoms. The van der Waals surface area contributed by atoms with Gasteiger partial charge in [-0.05, 0) is 62.6 Å². The zero-order valence-corrected chi connectivity index (χ0v) is 15.3. The minimum atomic E-state index is 0.240. The Morgan fingerprint density at radius 3 is 2.64 bits per heavy atom. The minimum absolute atomic E-state index is 0.240. The van der Waals surface area contributed by atoms with Crippen LogP contribution in [-0.4, -0.2) is 43.7 Å². The van der Waals surface area contributed by atoms with E-state index in [1.165, 1.54) is 18.4 Å². The highest BCUT2D eigenvalue weighted by Gasteiger charge is 2.21. The molecule has 0 radical (unpaired) electrons. The molecule has 2 aliphatic heterocycles. The van der Waals surface area contributed by atoms with Crippen LogP contribution in [0.1, 0.15) is 44.1 Å². The van der Waals surface area contributed by atoms with Crippen molar-refractivity contribution in [2.75, 3.05) is 32.8 Å². The molecule has 1 atom stereocenters. The van der Waals surface area contributed by atoms with E-state index < -0.39 is 0 Å². The first-order chi connectivity index (χ1) is 12.3. The summed E-state index contributed by atoms with van der Waals surface area (Å²) < 4.78 is 5.39. The number of hydrogen-bond donors (Lipinski definition) is 1. The van der Waals surface area contributed by atoms with E-state index >= 15 is 0 Å². The van der Waals surface area contributed by atoms with Gasteiger partial charge in [-0.2, -0.15) is 0 Å². The third-order valence-corrected chi connectivity index (χ3v) is 5.57. The first-order valence-corrected chi connectivity index (χ1v) is 9.90. The first kappa shape index (κ1) is 18.4. The summed E-state index contributed by atoms with van der Waals surface area (Å²) in [5.41, 5.74) is 1.38. The Balaban J connectivity index is 1.26. The third kappa shape index (κ3) is 6.44. The number of carbonyl (C=O) groups is 1. The lowest BCUT2D eigenvalue weighted by molar-refractivity contribution is -0.122. The molecule has 0 aromatic heterocycles. The van der Waals surface area contributed by atoms with Crippen molar-refractivity contribution in [3.05, 3.63) is 35.9 Å². The van der Waals surface area contributed by atoms with Crippen LogP contribution in [0.15, 0.2) is 30.3 Å². The quantitative estimate of drug-likeness (QED) is 0.736. The molecule has 1 N–H and O–H groups in total. The number of nitrogens with one attached hydrogen (secondary N) is 1. The second-order valence-electron chi connectivity index (χ2n) is 7.63. The lowest BCUT2D eigenvalue weighted by Crippen LogP contribution is -2.35. The normalized spacial score (nSPS) is 22.2.